The summed E-state index contributed by atoms with van der Waals surface area (Å²) in [5.74, 6) is -0.879. The lowest BCUT2D eigenvalue weighted by atomic mass is 9.88. The van der Waals surface area contributed by atoms with Crippen molar-refractivity contribution in [3.63, 3.8) is 0 Å². The molecule has 0 fully saturated rings. The Bertz CT molecular complexity index is 1050. The minimum absolute atomic E-state index is 0.296. The first-order chi connectivity index (χ1) is 13.5. The minimum atomic E-state index is -1.92. The van der Waals surface area contributed by atoms with Crippen LogP contribution in [0.25, 0.3) is 0 Å². The van der Waals surface area contributed by atoms with Gasteiger partial charge >= 0.3 is 0 Å². The number of fused-ring (bicyclic) bond motifs is 1. The Morgan fingerprint density at radius 3 is 2.32 bits per heavy atom. The van der Waals surface area contributed by atoms with E-state index in [2.05, 4.69) is 0 Å². The second kappa shape index (κ2) is 7.23. The molecule has 1 aliphatic heterocycles. The van der Waals surface area contributed by atoms with Crippen LogP contribution in [-0.4, -0.2) is 16.8 Å². The van der Waals surface area contributed by atoms with E-state index >= 15 is 0 Å². The van der Waals surface area contributed by atoms with Gasteiger partial charge in [-0.2, -0.15) is 0 Å². The zero-order valence-corrected chi connectivity index (χ0v) is 15.8. The summed E-state index contributed by atoms with van der Waals surface area (Å²) in [6, 6.07) is 23.2. The second-order valence-corrected chi connectivity index (χ2v) is 7.24. The van der Waals surface area contributed by atoms with Gasteiger partial charge in [-0.25, -0.2) is 0 Å². The number of halogens is 1. The Hall–Kier alpha value is -2.95. The molecular formula is C23H18ClNO3. The van der Waals surface area contributed by atoms with Gasteiger partial charge in [-0.15, -0.1) is 0 Å². The van der Waals surface area contributed by atoms with Crippen LogP contribution in [0.15, 0.2) is 78.9 Å². The molecule has 1 aliphatic rings. The highest BCUT2D eigenvalue weighted by molar-refractivity contribution is 6.34. The normalized spacial score (nSPS) is 18.2. The number of hydrogen-bond donors (Lipinski definition) is 1. The third-order valence-corrected chi connectivity index (χ3v) is 5.34. The Morgan fingerprint density at radius 1 is 0.929 bits per heavy atom. The lowest BCUT2D eigenvalue weighted by Gasteiger charge is -2.23. The van der Waals surface area contributed by atoms with Crippen molar-refractivity contribution in [3.05, 3.63) is 101 Å². The molecule has 5 heteroatoms. The van der Waals surface area contributed by atoms with Gasteiger partial charge in [-0.3, -0.25) is 9.59 Å². The van der Waals surface area contributed by atoms with Crippen molar-refractivity contribution < 1.29 is 14.7 Å². The number of Topliss-reactive ketones (excluding diaryl/α,β-unsaturated/α-hetero) is 1. The van der Waals surface area contributed by atoms with Gasteiger partial charge in [0.15, 0.2) is 11.4 Å². The molecule has 3 aromatic carbocycles. The Kier molecular flexibility index (Phi) is 4.75. The number of para-hydroxylation sites is 1. The van der Waals surface area contributed by atoms with Gasteiger partial charge in [-0.05, 0) is 23.8 Å². The van der Waals surface area contributed by atoms with Gasteiger partial charge in [0.25, 0.3) is 5.91 Å². The first kappa shape index (κ1) is 18.4. The van der Waals surface area contributed by atoms with Crippen molar-refractivity contribution in [1.29, 1.82) is 0 Å². The summed E-state index contributed by atoms with van der Waals surface area (Å²) >= 11 is 6.12. The van der Waals surface area contributed by atoms with Crippen LogP contribution in [0.1, 0.15) is 27.9 Å². The van der Waals surface area contributed by atoms with Crippen LogP contribution < -0.4 is 4.90 Å². The fourth-order valence-corrected chi connectivity index (χ4v) is 3.86. The molecule has 1 N–H and O–H groups in total. The smallest absolute Gasteiger partial charge is 0.264 e. The fraction of sp³-hybridized carbons (Fsp3) is 0.130. The first-order valence-corrected chi connectivity index (χ1v) is 9.34. The average molecular weight is 392 g/mol. The number of carbonyl (C=O) groups excluding carboxylic acids is 2. The summed E-state index contributed by atoms with van der Waals surface area (Å²) in [6.45, 7) is 0.319. The van der Waals surface area contributed by atoms with Crippen molar-refractivity contribution in [1.82, 2.24) is 0 Å². The van der Waals surface area contributed by atoms with Gasteiger partial charge in [0, 0.05) is 11.1 Å². The number of anilines is 1. The fourth-order valence-electron chi connectivity index (χ4n) is 3.62. The summed E-state index contributed by atoms with van der Waals surface area (Å²) in [5, 5.41) is 11.6. The number of hydrogen-bond acceptors (Lipinski definition) is 3. The van der Waals surface area contributed by atoms with Crippen LogP contribution in [0.2, 0.25) is 5.02 Å². The van der Waals surface area contributed by atoms with E-state index in [1.807, 2.05) is 36.4 Å². The number of carbonyl (C=O) groups is 2. The molecule has 0 aliphatic carbocycles. The second-order valence-electron chi connectivity index (χ2n) is 6.83. The van der Waals surface area contributed by atoms with Gasteiger partial charge in [-0.1, -0.05) is 72.3 Å². The van der Waals surface area contributed by atoms with E-state index in [1.165, 1.54) is 4.90 Å². The Morgan fingerprint density at radius 2 is 1.57 bits per heavy atom. The molecular weight excluding hydrogens is 374 g/mol. The van der Waals surface area contributed by atoms with Crippen molar-refractivity contribution in [2.75, 3.05) is 4.90 Å². The highest BCUT2D eigenvalue weighted by atomic mass is 35.5. The Balaban J connectivity index is 1.70. The number of aliphatic hydroxyl groups is 1. The van der Waals surface area contributed by atoms with Crippen LogP contribution in [0.5, 0.6) is 0 Å². The molecule has 140 valence electrons. The molecule has 0 bridgehead atoms. The molecule has 1 atom stereocenters. The van der Waals surface area contributed by atoms with E-state index < -0.39 is 11.5 Å². The molecule has 0 radical (unpaired) electrons. The zero-order valence-electron chi connectivity index (χ0n) is 15.0. The molecule has 4 nitrogen and oxygen atoms in total. The summed E-state index contributed by atoms with van der Waals surface area (Å²) in [5.41, 5.74) is 0.376. The lowest BCUT2D eigenvalue weighted by Crippen LogP contribution is -2.41. The maximum atomic E-state index is 13.2. The summed E-state index contributed by atoms with van der Waals surface area (Å²) in [4.78, 5) is 27.6. The van der Waals surface area contributed by atoms with Gasteiger partial charge < -0.3 is 10.0 Å². The van der Waals surface area contributed by atoms with Crippen LogP contribution in [-0.2, 0) is 16.9 Å². The molecule has 0 saturated carbocycles. The molecule has 0 unspecified atom stereocenters. The third kappa shape index (κ3) is 3.11. The third-order valence-electron chi connectivity index (χ3n) is 5.01. The number of ketones is 1. The monoisotopic (exact) mass is 391 g/mol. The average Bonchev–Trinajstić information content (AvgIpc) is 2.91. The summed E-state index contributed by atoms with van der Waals surface area (Å²) in [6.07, 6.45) is -0.363. The van der Waals surface area contributed by atoms with Crippen molar-refractivity contribution in [2.45, 2.75) is 18.6 Å². The maximum Gasteiger partial charge on any atom is 0.264 e. The van der Waals surface area contributed by atoms with Gasteiger partial charge in [0.1, 0.15) is 0 Å². The van der Waals surface area contributed by atoms with E-state index in [9.17, 15) is 14.7 Å². The SMILES string of the molecule is O=C(C[C@]1(O)C(=O)N(Cc2ccccc2)c2ccccc21)c1ccccc1Cl. The van der Waals surface area contributed by atoms with Crippen molar-refractivity contribution in [3.8, 4) is 0 Å². The van der Waals surface area contributed by atoms with E-state index in [0.717, 1.165) is 5.56 Å². The first-order valence-electron chi connectivity index (χ1n) is 8.96. The standard InChI is InChI=1S/C23H18ClNO3/c24-19-12-6-4-10-17(19)21(26)14-23(28)18-11-5-7-13-20(18)25(22(23)27)15-16-8-2-1-3-9-16/h1-13,28H,14-15H2/t23-/m1/s1. The van der Waals surface area contributed by atoms with Crippen LogP contribution in [0.4, 0.5) is 5.69 Å². The summed E-state index contributed by atoms with van der Waals surface area (Å²) in [7, 11) is 0. The summed E-state index contributed by atoms with van der Waals surface area (Å²) < 4.78 is 0. The molecule has 3 aromatic rings. The van der Waals surface area contributed by atoms with Crippen LogP contribution in [0, 0.1) is 0 Å². The quantitative estimate of drug-likeness (QED) is 0.658. The minimum Gasteiger partial charge on any atom is -0.375 e. The predicted octanol–water partition coefficient (Wildman–Crippen LogP) is 4.35. The van der Waals surface area contributed by atoms with E-state index in [-0.39, 0.29) is 12.2 Å². The van der Waals surface area contributed by atoms with Crippen molar-refractivity contribution >= 4 is 29.0 Å². The molecule has 0 saturated heterocycles. The molecule has 1 amide bonds. The number of rotatable bonds is 5. The number of nitrogens with zero attached hydrogens (tertiary/aromatic N) is 1. The highest BCUT2D eigenvalue weighted by Gasteiger charge is 2.50. The molecule has 4 rings (SSSR count). The van der Waals surface area contributed by atoms with E-state index in [4.69, 9.17) is 11.6 Å². The van der Waals surface area contributed by atoms with E-state index in [0.29, 0.717) is 28.4 Å². The van der Waals surface area contributed by atoms with Gasteiger partial charge in [0.05, 0.1) is 23.7 Å². The van der Waals surface area contributed by atoms with Gasteiger partial charge in [0.2, 0.25) is 0 Å². The predicted molar refractivity (Wildman–Crippen MR) is 108 cm³/mol. The van der Waals surface area contributed by atoms with E-state index in [1.54, 1.807) is 42.5 Å². The molecule has 0 spiro atoms. The molecule has 28 heavy (non-hydrogen) atoms. The van der Waals surface area contributed by atoms with Crippen molar-refractivity contribution in [2.24, 2.45) is 0 Å². The largest absolute Gasteiger partial charge is 0.375 e. The Labute approximate surface area is 168 Å². The maximum absolute atomic E-state index is 13.2. The van der Waals surface area contributed by atoms with Crippen LogP contribution >= 0.6 is 11.6 Å². The zero-order chi connectivity index (χ0) is 19.7. The number of amides is 1. The molecule has 1 heterocycles. The topological polar surface area (TPSA) is 57.6 Å². The highest BCUT2D eigenvalue weighted by Crippen LogP contribution is 2.43. The molecule has 0 aromatic heterocycles. The lowest BCUT2D eigenvalue weighted by molar-refractivity contribution is -0.136. The number of benzene rings is 3. The van der Waals surface area contributed by atoms with Crippen LogP contribution in [0.3, 0.4) is 0 Å².